The van der Waals surface area contributed by atoms with Crippen molar-refractivity contribution in [3.63, 3.8) is 0 Å². The van der Waals surface area contributed by atoms with E-state index in [0.29, 0.717) is 18.2 Å². The highest BCUT2D eigenvalue weighted by Gasteiger charge is 2.25. The van der Waals surface area contributed by atoms with Crippen molar-refractivity contribution in [2.24, 2.45) is 10.9 Å². The van der Waals surface area contributed by atoms with Crippen LogP contribution in [-0.2, 0) is 0 Å². The molecule has 4 N–H and O–H groups in total. The molecule has 5 heteroatoms. The van der Waals surface area contributed by atoms with E-state index in [9.17, 15) is 0 Å². The molecule has 1 aliphatic heterocycles. The number of hydrogen-bond acceptors (Lipinski definition) is 3. The number of oxime groups is 1. The SMILES string of the molecule is N/C(CCCN1CCC(c2c[nH]c3ccccc23)C1)=N\O. The zero-order valence-electron chi connectivity index (χ0n) is 12.1. The molecule has 1 fully saturated rings. The van der Waals surface area contributed by atoms with Crippen LogP contribution in [0.5, 0.6) is 0 Å². The Kier molecular flexibility index (Phi) is 4.10. The molecule has 0 aliphatic carbocycles. The van der Waals surface area contributed by atoms with E-state index in [1.807, 2.05) is 0 Å². The topological polar surface area (TPSA) is 77.6 Å². The Bertz CT molecular complexity index is 634. The van der Waals surface area contributed by atoms with E-state index in [-0.39, 0.29) is 0 Å². The summed E-state index contributed by atoms with van der Waals surface area (Å²) in [5.74, 6) is 0.924. The molecule has 21 heavy (non-hydrogen) atoms. The lowest BCUT2D eigenvalue weighted by Gasteiger charge is -2.15. The average molecular weight is 286 g/mol. The summed E-state index contributed by atoms with van der Waals surface area (Å²) >= 11 is 0. The van der Waals surface area contributed by atoms with Gasteiger partial charge in [-0.15, -0.1) is 0 Å². The van der Waals surface area contributed by atoms with Gasteiger partial charge in [0.25, 0.3) is 0 Å². The monoisotopic (exact) mass is 286 g/mol. The zero-order valence-corrected chi connectivity index (χ0v) is 12.1. The van der Waals surface area contributed by atoms with Crippen LogP contribution in [0, 0.1) is 0 Å². The first-order chi connectivity index (χ1) is 10.3. The number of likely N-dealkylation sites (tertiary alicyclic amines) is 1. The van der Waals surface area contributed by atoms with Gasteiger partial charge in [-0.3, -0.25) is 0 Å². The molecule has 2 heterocycles. The summed E-state index contributed by atoms with van der Waals surface area (Å²) in [6.45, 7) is 3.23. The molecule has 3 rings (SSSR count). The number of aromatic amines is 1. The molecule has 2 aromatic rings. The number of amidine groups is 1. The van der Waals surface area contributed by atoms with Crippen LogP contribution in [0.3, 0.4) is 0 Å². The predicted octanol–water partition coefficient (Wildman–Crippen LogP) is 2.48. The van der Waals surface area contributed by atoms with Crippen molar-refractivity contribution in [3.05, 3.63) is 36.0 Å². The van der Waals surface area contributed by atoms with Gasteiger partial charge >= 0.3 is 0 Å². The van der Waals surface area contributed by atoms with Crippen LogP contribution < -0.4 is 5.73 Å². The Labute approximate surface area is 124 Å². The number of fused-ring (bicyclic) bond motifs is 1. The lowest BCUT2D eigenvalue weighted by Crippen LogP contribution is -2.23. The standard InChI is InChI=1S/C16H22N4O/c17-16(19-21)6-3-8-20-9-7-12(11-20)14-10-18-15-5-2-1-4-13(14)15/h1-2,4-5,10,12,18,21H,3,6-9,11H2,(H2,17,19). The molecule has 1 aromatic carbocycles. The minimum absolute atomic E-state index is 0.322. The summed E-state index contributed by atoms with van der Waals surface area (Å²) in [6, 6.07) is 8.49. The second kappa shape index (κ2) is 6.18. The summed E-state index contributed by atoms with van der Waals surface area (Å²) in [7, 11) is 0. The first-order valence-corrected chi connectivity index (χ1v) is 7.52. The Morgan fingerprint density at radius 2 is 2.29 bits per heavy atom. The van der Waals surface area contributed by atoms with Crippen molar-refractivity contribution in [3.8, 4) is 0 Å². The van der Waals surface area contributed by atoms with Crippen LogP contribution in [0.15, 0.2) is 35.6 Å². The summed E-state index contributed by atoms with van der Waals surface area (Å²) in [5.41, 5.74) is 8.16. The minimum atomic E-state index is 0.322. The van der Waals surface area contributed by atoms with E-state index in [0.717, 1.165) is 26.1 Å². The number of H-pyrrole nitrogens is 1. The van der Waals surface area contributed by atoms with Crippen molar-refractivity contribution in [1.82, 2.24) is 9.88 Å². The van der Waals surface area contributed by atoms with Crippen LogP contribution in [-0.4, -0.2) is 40.6 Å². The number of nitrogens with two attached hydrogens (primary N) is 1. The van der Waals surface area contributed by atoms with Crippen molar-refractivity contribution in [2.75, 3.05) is 19.6 Å². The number of para-hydroxylation sites is 1. The number of hydrogen-bond donors (Lipinski definition) is 3. The van der Waals surface area contributed by atoms with Gasteiger partial charge in [-0.2, -0.15) is 0 Å². The maximum atomic E-state index is 8.54. The van der Waals surface area contributed by atoms with Gasteiger partial charge in [0.15, 0.2) is 0 Å². The van der Waals surface area contributed by atoms with E-state index in [1.54, 1.807) is 0 Å². The maximum Gasteiger partial charge on any atom is 0.139 e. The fourth-order valence-corrected chi connectivity index (χ4v) is 3.26. The molecule has 112 valence electrons. The van der Waals surface area contributed by atoms with Crippen LogP contribution in [0.2, 0.25) is 0 Å². The minimum Gasteiger partial charge on any atom is -0.409 e. The average Bonchev–Trinajstić information content (AvgIpc) is 3.13. The Balaban J connectivity index is 1.59. The molecular weight excluding hydrogens is 264 g/mol. The fourth-order valence-electron chi connectivity index (χ4n) is 3.26. The van der Waals surface area contributed by atoms with Crippen molar-refractivity contribution in [2.45, 2.75) is 25.2 Å². The molecule has 0 bridgehead atoms. The van der Waals surface area contributed by atoms with Gasteiger partial charge in [0.1, 0.15) is 5.84 Å². The molecule has 1 aliphatic rings. The molecule has 5 nitrogen and oxygen atoms in total. The van der Waals surface area contributed by atoms with Crippen LogP contribution in [0.4, 0.5) is 0 Å². The predicted molar refractivity (Wildman–Crippen MR) is 84.7 cm³/mol. The molecule has 0 radical (unpaired) electrons. The number of rotatable bonds is 5. The Morgan fingerprint density at radius 3 is 3.14 bits per heavy atom. The molecule has 0 saturated carbocycles. The normalized spacial score (nSPS) is 20.4. The quantitative estimate of drug-likeness (QED) is 0.342. The second-order valence-electron chi connectivity index (χ2n) is 5.77. The van der Waals surface area contributed by atoms with Gasteiger partial charge in [0.2, 0.25) is 0 Å². The summed E-state index contributed by atoms with van der Waals surface area (Å²) in [4.78, 5) is 5.84. The highest BCUT2D eigenvalue weighted by atomic mass is 16.4. The lowest BCUT2D eigenvalue weighted by atomic mass is 9.98. The van der Waals surface area contributed by atoms with Gasteiger partial charge in [0.05, 0.1) is 0 Å². The number of nitrogens with zero attached hydrogens (tertiary/aromatic N) is 2. The maximum absolute atomic E-state index is 8.54. The first kappa shape index (κ1) is 13.9. The lowest BCUT2D eigenvalue weighted by molar-refractivity contribution is 0.312. The van der Waals surface area contributed by atoms with E-state index in [1.165, 1.54) is 22.9 Å². The third-order valence-electron chi connectivity index (χ3n) is 4.37. The van der Waals surface area contributed by atoms with E-state index in [2.05, 4.69) is 45.5 Å². The van der Waals surface area contributed by atoms with Gasteiger partial charge in [-0.05, 0) is 43.5 Å². The molecule has 1 atom stereocenters. The molecule has 1 aromatic heterocycles. The molecule has 1 saturated heterocycles. The third-order valence-corrected chi connectivity index (χ3v) is 4.37. The number of aromatic nitrogens is 1. The fraction of sp³-hybridized carbons (Fsp3) is 0.438. The molecule has 0 spiro atoms. The molecule has 1 unspecified atom stereocenters. The van der Waals surface area contributed by atoms with Crippen LogP contribution >= 0.6 is 0 Å². The van der Waals surface area contributed by atoms with E-state index >= 15 is 0 Å². The van der Waals surface area contributed by atoms with Crippen molar-refractivity contribution >= 4 is 16.7 Å². The van der Waals surface area contributed by atoms with Gasteiger partial charge in [-0.25, -0.2) is 0 Å². The second-order valence-corrected chi connectivity index (χ2v) is 5.77. The van der Waals surface area contributed by atoms with Crippen molar-refractivity contribution in [1.29, 1.82) is 0 Å². The third kappa shape index (κ3) is 3.03. The number of nitrogens with one attached hydrogen (secondary N) is 1. The summed E-state index contributed by atoms with van der Waals surface area (Å²) in [6.07, 6.45) is 4.96. The van der Waals surface area contributed by atoms with Gasteiger partial charge in [-0.1, -0.05) is 23.4 Å². The van der Waals surface area contributed by atoms with Crippen LogP contribution in [0.25, 0.3) is 10.9 Å². The first-order valence-electron chi connectivity index (χ1n) is 7.52. The molecular formula is C16H22N4O. The highest BCUT2D eigenvalue weighted by Crippen LogP contribution is 2.32. The Morgan fingerprint density at radius 1 is 1.43 bits per heavy atom. The number of benzene rings is 1. The Hall–Kier alpha value is -2.01. The summed E-state index contributed by atoms with van der Waals surface area (Å²) in [5, 5.41) is 12.9. The molecule has 0 amide bonds. The van der Waals surface area contributed by atoms with E-state index < -0.39 is 0 Å². The smallest absolute Gasteiger partial charge is 0.139 e. The largest absolute Gasteiger partial charge is 0.409 e. The zero-order chi connectivity index (χ0) is 14.7. The van der Waals surface area contributed by atoms with Crippen molar-refractivity contribution < 1.29 is 5.21 Å². The van der Waals surface area contributed by atoms with E-state index in [4.69, 9.17) is 10.9 Å². The summed E-state index contributed by atoms with van der Waals surface area (Å²) < 4.78 is 0. The van der Waals surface area contributed by atoms with Gasteiger partial charge in [0, 0.05) is 30.1 Å². The van der Waals surface area contributed by atoms with Crippen LogP contribution in [0.1, 0.15) is 30.7 Å². The highest BCUT2D eigenvalue weighted by molar-refractivity contribution is 5.83. The van der Waals surface area contributed by atoms with Gasteiger partial charge < -0.3 is 20.8 Å².